The van der Waals surface area contributed by atoms with E-state index in [2.05, 4.69) is 15.2 Å². The number of H-pyrrole nitrogens is 1. The molecule has 0 amide bonds. The first kappa shape index (κ1) is 25.8. The molecule has 192 valence electrons. The maximum Gasteiger partial charge on any atom is 0.333 e. The van der Waals surface area contributed by atoms with Gasteiger partial charge in [-0.1, -0.05) is 39.0 Å². The number of nitrogens with zero attached hydrogens (tertiary/aromatic N) is 1. The second-order valence-corrected chi connectivity index (χ2v) is 11.7. The molecule has 3 N–H and O–H groups in total. The lowest BCUT2D eigenvalue weighted by atomic mass is 9.83. The van der Waals surface area contributed by atoms with Gasteiger partial charge in [-0.2, -0.15) is 4.83 Å². The summed E-state index contributed by atoms with van der Waals surface area (Å²) in [5.74, 6) is -0.312. The number of hydrogen-bond acceptors (Lipinski definition) is 6. The third kappa shape index (κ3) is 4.99. The van der Waals surface area contributed by atoms with Crippen LogP contribution in [-0.2, 0) is 21.9 Å². The first-order chi connectivity index (χ1) is 16.8. The number of aromatic nitrogens is 2. The van der Waals surface area contributed by atoms with E-state index >= 15 is 4.39 Å². The fourth-order valence-corrected chi connectivity index (χ4v) is 4.89. The molecule has 36 heavy (non-hydrogen) atoms. The van der Waals surface area contributed by atoms with Crippen LogP contribution in [0.1, 0.15) is 49.9 Å². The number of fused-ring (bicyclic) bond motifs is 1. The van der Waals surface area contributed by atoms with Crippen molar-refractivity contribution in [3.05, 3.63) is 79.9 Å². The zero-order valence-corrected chi connectivity index (χ0v) is 21.5. The number of aryl methyl sites for hydroxylation is 1. The maximum absolute atomic E-state index is 16.2. The highest BCUT2D eigenvalue weighted by Crippen LogP contribution is 2.44. The molecule has 0 spiro atoms. The molecule has 0 fully saturated rings. The van der Waals surface area contributed by atoms with Gasteiger partial charge in [0.2, 0.25) is 10.0 Å². The highest BCUT2D eigenvalue weighted by Gasteiger charge is 2.30. The van der Waals surface area contributed by atoms with Gasteiger partial charge in [-0.25, -0.2) is 23.0 Å². The van der Waals surface area contributed by atoms with Gasteiger partial charge in [0, 0.05) is 23.9 Å². The maximum atomic E-state index is 16.2. The van der Waals surface area contributed by atoms with Crippen LogP contribution in [-0.4, -0.2) is 31.3 Å². The van der Waals surface area contributed by atoms with Crippen molar-refractivity contribution in [1.82, 2.24) is 19.8 Å². The summed E-state index contributed by atoms with van der Waals surface area (Å²) in [6.07, 6.45) is 3.65. The van der Waals surface area contributed by atoms with Crippen LogP contribution in [0.15, 0.2) is 46.1 Å². The summed E-state index contributed by atoms with van der Waals surface area (Å²) in [4.78, 5) is 28.6. The molecule has 4 rings (SSSR count). The second-order valence-electron chi connectivity index (χ2n) is 9.92. The molecule has 0 saturated heterocycles. The molecule has 1 aliphatic carbocycles. The van der Waals surface area contributed by atoms with Crippen molar-refractivity contribution < 1.29 is 17.5 Å². The number of hydrogen-bond donors (Lipinski definition) is 3. The molecule has 0 saturated carbocycles. The first-order valence-corrected chi connectivity index (χ1v) is 13.3. The van der Waals surface area contributed by atoms with Gasteiger partial charge in [0.1, 0.15) is 5.75 Å². The molecule has 1 heterocycles. The number of aromatic amines is 1. The third-order valence-corrected chi connectivity index (χ3v) is 6.71. The Morgan fingerprint density at radius 2 is 1.89 bits per heavy atom. The van der Waals surface area contributed by atoms with Crippen molar-refractivity contribution in [2.45, 2.75) is 45.1 Å². The Hall–Kier alpha value is -3.28. The van der Waals surface area contributed by atoms with Crippen LogP contribution in [0.5, 0.6) is 5.75 Å². The third-order valence-electron chi connectivity index (χ3n) is 6.22. The van der Waals surface area contributed by atoms with Gasteiger partial charge >= 0.3 is 5.69 Å². The van der Waals surface area contributed by atoms with Gasteiger partial charge < -0.3 is 4.74 Å². The summed E-state index contributed by atoms with van der Waals surface area (Å²) in [5, 5.41) is 0. The lowest BCUT2D eigenvalue weighted by Crippen LogP contribution is -2.38. The molecule has 0 aliphatic heterocycles. The van der Waals surface area contributed by atoms with Crippen molar-refractivity contribution in [3.63, 3.8) is 0 Å². The smallest absolute Gasteiger partial charge is 0.333 e. The van der Waals surface area contributed by atoms with Crippen molar-refractivity contribution >= 4 is 10.0 Å². The summed E-state index contributed by atoms with van der Waals surface area (Å²) < 4.78 is 45.9. The number of rotatable bonds is 6. The Labute approximate surface area is 208 Å². The Kier molecular flexibility index (Phi) is 6.67. The van der Waals surface area contributed by atoms with Gasteiger partial charge in [-0.15, -0.1) is 0 Å². The van der Waals surface area contributed by atoms with E-state index in [0.717, 1.165) is 28.0 Å². The van der Waals surface area contributed by atoms with E-state index in [4.69, 9.17) is 4.74 Å². The molecule has 0 radical (unpaired) electrons. The topological polar surface area (TPSA) is 122 Å². The van der Waals surface area contributed by atoms with Crippen LogP contribution >= 0.6 is 0 Å². The van der Waals surface area contributed by atoms with Crippen LogP contribution in [0.3, 0.4) is 0 Å². The van der Waals surface area contributed by atoms with Crippen LogP contribution < -0.4 is 26.2 Å². The Bertz CT molecular complexity index is 1550. The van der Waals surface area contributed by atoms with E-state index in [1.54, 1.807) is 12.1 Å². The van der Waals surface area contributed by atoms with Gasteiger partial charge in [-0.3, -0.25) is 14.3 Å². The predicted molar refractivity (Wildman–Crippen MR) is 135 cm³/mol. The Morgan fingerprint density at radius 1 is 1.17 bits per heavy atom. The lowest BCUT2D eigenvalue weighted by molar-refractivity contribution is 0.396. The number of hydrazine groups is 1. The number of methoxy groups -OCH3 is 1. The number of sulfonamides is 1. The highest BCUT2D eigenvalue weighted by atomic mass is 32.2. The van der Waals surface area contributed by atoms with Crippen LogP contribution in [0.2, 0.25) is 0 Å². The normalized spacial score (nSPS) is 15.7. The second kappa shape index (κ2) is 9.30. The lowest BCUT2D eigenvalue weighted by Gasteiger charge is -2.26. The molecule has 1 unspecified atom stereocenters. The zero-order valence-electron chi connectivity index (χ0n) is 20.7. The zero-order chi connectivity index (χ0) is 26.4. The monoisotopic (exact) mass is 516 g/mol. The minimum atomic E-state index is -3.41. The molecule has 11 heteroatoms. The molecule has 9 nitrogen and oxygen atoms in total. The molecular formula is C25H29FN4O5S. The molecule has 1 aromatic heterocycles. The van der Waals surface area contributed by atoms with Gasteiger partial charge in [0.05, 0.1) is 24.6 Å². The number of nitrogens with one attached hydrogen (secondary N) is 3. The minimum absolute atomic E-state index is 0.00521. The van der Waals surface area contributed by atoms with E-state index in [9.17, 15) is 18.0 Å². The van der Waals surface area contributed by atoms with Gasteiger partial charge in [-0.05, 0) is 41.0 Å². The number of halogens is 1. The Morgan fingerprint density at radius 3 is 2.50 bits per heavy atom. The number of ether oxygens (including phenoxy) is 1. The van der Waals surface area contributed by atoms with Gasteiger partial charge in [0.25, 0.3) is 5.56 Å². The summed E-state index contributed by atoms with van der Waals surface area (Å²) in [6, 6.07) is 7.98. The van der Waals surface area contributed by atoms with Gasteiger partial charge in [0.15, 0.2) is 5.82 Å². The predicted octanol–water partition coefficient (Wildman–Crippen LogP) is 2.68. The highest BCUT2D eigenvalue weighted by molar-refractivity contribution is 7.88. The molecule has 0 bridgehead atoms. The summed E-state index contributed by atoms with van der Waals surface area (Å²) in [7, 11) is -1.94. The molecule has 3 aromatic rings. The van der Waals surface area contributed by atoms with Crippen molar-refractivity contribution in [2.24, 2.45) is 0 Å². The molecule has 2 aromatic carbocycles. The first-order valence-electron chi connectivity index (χ1n) is 11.4. The molecule has 1 aliphatic rings. The fourth-order valence-electron chi connectivity index (χ4n) is 4.54. The van der Waals surface area contributed by atoms with Crippen LogP contribution in [0, 0.1) is 5.82 Å². The van der Waals surface area contributed by atoms with E-state index in [1.807, 2.05) is 32.9 Å². The summed E-state index contributed by atoms with van der Waals surface area (Å²) in [5.41, 5.74) is 4.36. The SMILES string of the molecule is COc1c(C(C)(C)C)cc(-n2ccc(=O)[nH]c2=O)c(F)c1-c1ccc2c(c1)CCC2NNS(C)(=O)=O. The van der Waals surface area contributed by atoms with E-state index in [1.165, 1.54) is 13.3 Å². The standard InChI is InChI=1S/C25H29FN4O5S/c1-25(2,3)17-13-19(30-11-10-20(31)27-24(30)32)22(26)21(23(17)35-4)15-6-8-16-14(12-15)7-9-18(16)28-29-36(5,33)34/h6,8,10-13,18,28-29H,7,9H2,1-5H3,(H,27,31,32). The van der Waals surface area contributed by atoms with Crippen LogP contribution in [0.4, 0.5) is 4.39 Å². The Balaban J connectivity index is 1.91. The van der Waals surface area contributed by atoms with E-state index < -0.39 is 32.5 Å². The summed E-state index contributed by atoms with van der Waals surface area (Å²) >= 11 is 0. The van der Waals surface area contributed by atoms with Crippen molar-refractivity contribution in [2.75, 3.05) is 13.4 Å². The van der Waals surface area contributed by atoms with Crippen LogP contribution in [0.25, 0.3) is 16.8 Å². The fraction of sp³-hybridized carbons (Fsp3) is 0.360. The number of benzene rings is 2. The van der Waals surface area contributed by atoms with E-state index in [0.29, 0.717) is 29.7 Å². The van der Waals surface area contributed by atoms with Crippen molar-refractivity contribution in [3.8, 4) is 22.6 Å². The van der Waals surface area contributed by atoms with E-state index in [-0.39, 0.29) is 17.3 Å². The quantitative estimate of drug-likeness (QED) is 0.433. The molecular weight excluding hydrogens is 487 g/mol. The summed E-state index contributed by atoms with van der Waals surface area (Å²) in [6.45, 7) is 5.87. The average molecular weight is 517 g/mol. The molecule has 1 atom stereocenters. The van der Waals surface area contributed by atoms with Crippen molar-refractivity contribution in [1.29, 1.82) is 0 Å². The largest absolute Gasteiger partial charge is 0.496 e. The minimum Gasteiger partial charge on any atom is -0.496 e. The average Bonchev–Trinajstić information content (AvgIpc) is 3.18.